The van der Waals surface area contributed by atoms with Crippen molar-refractivity contribution in [1.29, 1.82) is 0 Å². The van der Waals surface area contributed by atoms with E-state index in [1.807, 2.05) is 13.0 Å². The van der Waals surface area contributed by atoms with Gasteiger partial charge in [0.2, 0.25) is 0 Å². The van der Waals surface area contributed by atoms with E-state index in [1.165, 1.54) is 11.3 Å². The number of hydrogen-bond donors (Lipinski definition) is 2. The summed E-state index contributed by atoms with van der Waals surface area (Å²) in [7, 11) is 0. The number of nitrogen functional groups attached to an aromatic ring is 1. The van der Waals surface area contributed by atoms with Gasteiger partial charge in [-0.2, -0.15) is 0 Å². The Balaban J connectivity index is 1.90. The number of hydrogen-bond acceptors (Lipinski definition) is 5. The molecule has 5 nitrogen and oxygen atoms in total. The molecule has 0 aliphatic heterocycles. The van der Waals surface area contributed by atoms with E-state index in [4.69, 9.17) is 22.1 Å². The molecule has 0 aliphatic rings. The number of anilines is 1. The van der Waals surface area contributed by atoms with Crippen molar-refractivity contribution in [1.82, 2.24) is 10.3 Å². The minimum absolute atomic E-state index is 0.194. The standard InChI is InChI=1S/C16H14ClN3O2S/c1-2-19-15(21)9-5-11(18)8-12(6-9)22-16-20-13-7-10(17)3-4-14(13)23-16/h3-8H,2,18H2,1H3,(H,19,21). The molecule has 0 aliphatic carbocycles. The zero-order valence-corrected chi connectivity index (χ0v) is 13.9. The van der Waals surface area contributed by atoms with E-state index in [0.717, 1.165) is 10.2 Å². The van der Waals surface area contributed by atoms with Crippen LogP contribution in [0.5, 0.6) is 10.9 Å². The lowest BCUT2D eigenvalue weighted by Crippen LogP contribution is -2.22. The number of halogens is 1. The Hall–Kier alpha value is -2.31. The van der Waals surface area contributed by atoms with E-state index >= 15 is 0 Å². The first-order valence-corrected chi connectivity index (χ1v) is 8.17. The number of carbonyl (C=O) groups is 1. The highest BCUT2D eigenvalue weighted by atomic mass is 35.5. The first-order chi connectivity index (χ1) is 11.0. The highest BCUT2D eigenvalue weighted by molar-refractivity contribution is 7.20. The van der Waals surface area contributed by atoms with Gasteiger partial charge in [0, 0.05) is 28.9 Å². The average molecular weight is 348 g/mol. The van der Waals surface area contributed by atoms with Crippen molar-refractivity contribution in [2.45, 2.75) is 6.92 Å². The number of ether oxygens (including phenoxy) is 1. The van der Waals surface area contributed by atoms with E-state index in [2.05, 4.69) is 10.3 Å². The fraction of sp³-hybridized carbons (Fsp3) is 0.125. The smallest absolute Gasteiger partial charge is 0.279 e. The van der Waals surface area contributed by atoms with E-state index in [-0.39, 0.29) is 5.91 Å². The summed E-state index contributed by atoms with van der Waals surface area (Å²) < 4.78 is 6.73. The molecule has 3 N–H and O–H groups in total. The summed E-state index contributed by atoms with van der Waals surface area (Å²) in [6.45, 7) is 2.40. The van der Waals surface area contributed by atoms with Crippen molar-refractivity contribution < 1.29 is 9.53 Å². The van der Waals surface area contributed by atoms with Crippen LogP contribution < -0.4 is 15.8 Å². The second-order valence-corrected chi connectivity index (χ2v) is 6.27. The maximum atomic E-state index is 11.9. The average Bonchev–Trinajstić information content (AvgIpc) is 2.88. The van der Waals surface area contributed by atoms with Gasteiger partial charge < -0.3 is 15.8 Å². The Morgan fingerprint density at radius 3 is 2.96 bits per heavy atom. The maximum Gasteiger partial charge on any atom is 0.279 e. The topological polar surface area (TPSA) is 77.2 Å². The van der Waals surface area contributed by atoms with Gasteiger partial charge in [-0.15, -0.1) is 0 Å². The van der Waals surface area contributed by atoms with Crippen LogP contribution in [0.4, 0.5) is 5.69 Å². The number of thiazole rings is 1. The Labute approximate surface area is 142 Å². The molecule has 1 amide bonds. The highest BCUT2D eigenvalue weighted by Gasteiger charge is 2.11. The Kier molecular flexibility index (Phi) is 4.36. The lowest BCUT2D eigenvalue weighted by atomic mass is 10.2. The summed E-state index contributed by atoms with van der Waals surface area (Å²) in [4.78, 5) is 16.3. The first-order valence-electron chi connectivity index (χ1n) is 6.98. The molecule has 0 saturated heterocycles. The number of fused-ring (bicyclic) bond motifs is 1. The van der Waals surface area contributed by atoms with Crippen LogP contribution in [0, 0.1) is 0 Å². The number of carbonyl (C=O) groups excluding carboxylic acids is 1. The molecule has 0 unspecified atom stereocenters. The fourth-order valence-electron chi connectivity index (χ4n) is 2.10. The molecule has 0 saturated carbocycles. The van der Waals surface area contributed by atoms with Crippen LogP contribution in [0.25, 0.3) is 10.2 Å². The number of amides is 1. The van der Waals surface area contributed by atoms with Gasteiger partial charge in [0.05, 0.1) is 10.2 Å². The van der Waals surface area contributed by atoms with Gasteiger partial charge in [-0.1, -0.05) is 22.9 Å². The van der Waals surface area contributed by atoms with Gasteiger partial charge in [-0.3, -0.25) is 4.79 Å². The quantitative estimate of drug-likeness (QED) is 0.697. The summed E-state index contributed by atoms with van der Waals surface area (Å²) in [5.74, 6) is 0.275. The number of aromatic nitrogens is 1. The summed E-state index contributed by atoms with van der Waals surface area (Å²) in [6, 6.07) is 10.4. The van der Waals surface area contributed by atoms with Crippen molar-refractivity contribution in [3.8, 4) is 10.9 Å². The molecule has 7 heteroatoms. The SMILES string of the molecule is CCNC(=O)c1cc(N)cc(Oc2nc3cc(Cl)ccc3s2)c1. The predicted octanol–water partition coefficient (Wildman–Crippen LogP) is 4.07. The Morgan fingerprint density at radius 1 is 1.35 bits per heavy atom. The monoisotopic (exact) mass is 347 g/mol. The Bertz CT molecular complexity index is 879. The van der Waals surface area contributed by atoms with E-state index in [1.54, 1.807) is 30.3 Å². The van der Waals surface area contributed by atoms with Crippen LogP contribution >= 0.6 is 22.9 Å². The van der Waals surface area contributed by atoms with Gasteiger partial charge in [0.15, 0.2) is 0 Å². The second kappa shape index (κ2) is 6.44. The van der Waals surface area contributed by atoms with Crippen molar-refractivity contribution >= 4 is 44.7 Å². The van der Waals surface area contributed by atoms with Crippen LogP contribution in [-0.2, 0) is 0 Å². The molecule has 3 rings (SSSR count). The first kappa shape index (κ1) is 15.6. The third kappa shape index (κ3) is 3.55. The van der Waals surface area contributed by atoms with Gasteiger partial charge in [0.1, 0.15) is 5.75 Å². The lowest BCUT2D eigenvalue weighted by Gasteiger charge is -2.07. The predicted molar refractivity (Wildman–Crippen MR) is 93.6 cm³/mol. The highest BCUT2D eigenvalue weighted by Crippen LogP contribution is 2.33. The van der Waals surface area contributed by atoms with Crippen LogP contribution in [-0.4, -0.2) is 17.4 Å². The maximum absolute atomic E-state index is 11.9. The molecule has 0 radical (unpaired) electrons. The number of benzene rings is 2. The van der Waals surface area contributed by atoms with Gasteiger partial charge in [-0.25, -0.2) is 4.98 Å². The molecule has 23 heavy (non-hydrogen) atoms. The zero-order chi connectivity index (χ0) is 16.4. The van der Waals surface area contributed by atoms with Crippen LogP contribution in [0.15, 0.2) is 36.4 Å². The van der Waals surface area contributed by atoms with Crippen LogP contribution in [0.2, 0.25) is 5.02 Å². The Morgan fingerprint density at radius 2 is 2.17 bits per heavy atom. The third-order valence-corrected chi connectivity index (χ3v) is 4.21. The minimum Gasteiger partial charge on any atom is -0.431 e. The molecule has 1 heterocycles. The largest absolute Gasteiger partial charge is 0.431 e. The van der Waals surface area contributed by atoms with Crippen LogP contribution in [0.3, 0.4) is 0 Å². The molecule has 2 aromatic carbocycles. The number of rotatable bonds is 4. The van der Waals surface area contributed by atoms with Gasteiger partial charge >= 0.3 is 0 Å². The molecule has 1 aromatic heterocycles. The molecular weight excluding hydrogens is 334 g/mol. The molecule has 0 atom stereocenters. The molecule has 118 valence electrons. The normalized spacial score (nSPS) is 10.7. The lowest BCUT2D eigenvalue weighted by molar-refractivity contribution is 0.0955. The summed E-state index contributed by atoms with van der Waals surface area (Å²) in [5, 5.41) is 3.82. The van der Waals surface area contributed by atoms with Gasteiger partial charge in [-0.05, 0) is 37.3 Å². The fourth-order valence-corrected chi connectivity index (χ4v) is 3.08. The molecular formula is C16H14ClN3O2S. The summed E-state index contributed by atoms with van der Waals surface area (Å²) in [6.07, 6.45) is 0. The minimum atomic E-state index is -0.194. The van der Waals surface area contributed by atoms with Crippen molar-refractivity contribution in [2.24, 2.45) is 0 Å². The molecule has 0 spiro atoms. The zero-order valence-electron chi connectivity index (χ0n) is 12.3. The summed E-state index contributed by atoms with van der Waals surface area (Å²) in [5.41, 5.74) is 7.52. The summed E-state index contributed by atoms with van der Waals surface area (Å²) >= 11 is 7.35. The van der Waals surface area contributed by atoms with E-state index in [0.29, 0.717) is 33.8 Å². The second-order valence-electron chi connectivity index (χ2n) is 4.84. The van der Waals surface area contributed by atoms with Gasteiger partial charge in [0.25, 0.3) is 11.1 Å². The van der Waals surface area contributed by atoms with Crippen molar-refractivity contribution in [2.75, 3.05) is 12.3 Å². The molecule has 0 fully saturated rings. The van der Waals surface area contributed by atoms with Crippen molar-refractivity contribution in [3.63, 3.8) is 0 Å². The number of nitrogens with zero attached hydrogens (tertiary/aromatic N) is 1. The van der Waals surface area contributed by atoms with Crippen molar-refractivity contribution in [3.05, 3.63) is 47.0 Å². The molecule has 0 bridgehead atoms. The van der Waals surface area contributed by atoms with E-state index < -0.39 is 0 Å². The van der Waals surface area contributed by atoms with E-state index in [9.17, 15) is 4.79 Å². The molecule has 3 aromatic rings. The number of nitrogens with two attached hydrogens (primary N) is 1. The third-order valence-electron chi connectivity index (χ3n) is 3.06. The number of nitrogens with one attached hydrogen (secondary N) is 1. The van der Waals surface area contributed by atoms with Crippen LogP contribution in [0.1, 0.15) is 17.3 Å².